The van der Waals surface area contributed by atoms with Crippen molar-refractivity contribution in [3.05, 3.63) is 224 Å². The molecule has 0 saturated heterocycles. The fraction of sp³-hybridized carbons (Fsp3) is 0. The highest BCUT2D eigenvalue weighted by atomic mass is 15.0. The van der Waals surface area contributed by atoms with Crippen molar-refractivity contribution >= 4 is 43.5 Å². The van der Waals surface area contributed by atoms with Gasteiger partial charge in [-0.2, -0.15) is 0 Å². The first kappa shape index (κ1) is 36.3. The van der Waals surface area contributed by atoms with E-state index >= 15 is 0 Å². The molecule has 0 aliphatic carbocycles. The summed E-state index contributed by atoms with van der Waals surface area (Å²) in [7, 11) is 0. The lowest BCUT2D eigenvalue weighted by Crippen LogP contribution is -2.00. The summed E-state index contributed by atoms with van der Waals surface area (Å²) in [5.74, 6) is 1.87. The van der Waals surface area contributed by atoms with E-state index in [4.69, 9.17) is 19.9 Å². The van der Waals surface area contributed by atoms with Crippen molar-refractivity contribution in [1.29, 1.82) is 0 Å². The molecule has 0 fully saturated rings. The van der Waals surface area contributed by atoms with Gasteiger partial charge in [-0.15, -0.1) is 0 Å². The fourth-order valence-electron chi connectivity index (χ4n) is 9.01. The molecule has 0 aliphatic heterocycles. The van der Waals surface area contributed by atoms with Crippen LogP contribution in [0.5, 0.6) is 0 Å². The van der Waals surface area contributed by atoms with Gasteiger partial charge in [0, 0.05) is 55.0 Å². The molecule has 9 aromatic carbocycles. The van der Waals surface area contributed by atoms with Crippen molar-refractivity contribution in [3.8, 4) is 73.4 Å². The molecule has 12 rings (SSSR count). The van der Waals surface area contributed by atoms with Crippen LogP contribution in [0, 0.1) is 0 Å². The zero-order valence-corrected chi connectivity index (χ0v) is 34.1. The molecule has 0 amide bonds. The quantitative estimate of drug-likeness (QED) is 0.151. The van der Waals surface area contributed by atoms with Crippen molar-refractivity contribution in [2.24, 2.45) is 0 Å². The maximum Gasteiger partial charge on any atom is 0.164 e. The lowest BCUT2D eigenvalue weighted by molar-refractivity contribution is 1.07. The summed E-state index contributed by atoms with van der Waals surface area (Å²) >= 11 is 0. The zero-order valence-electron chi connectivity index (χ0n) is 34.1. The van der Waals surface area contributed by atoms with Crippen LogP contribution >= 0.6 is 0 Å². The van der Waals surface area contributed by atoms with Crippen LogP contribution in [-0.4, -0.2) is 24.5 Å². The van der Waals surface area contributed by atoms with E-state index in [1.807, 2.05) is 36.4 Å². The third kappa shape index (κ3) is 6.42. The molecule has 294 valence electrons. The maximum atomic E-state index is 5.57. The third-order valence-electron chi connectivity index (χ3n) is 12.0. The van der Waals surface area contributed by atoms with Crippen LogP contribution in [-0.2, 0) is 0 Å². The van der Waals surface area contributed by atoms with E-state index in [2.05, 4.69) is 193 Å². The molecule has 0 spiro atoms. The van der Waals surface area contributed by atoms with Crippen LogP contribution in [0.4, 0.5) is 0 Å². The number of pyridine rings is 1. The Kier molecular flexibility index (Phi) is 8.75. The molecule has 5 heteroatoms. The molecule has 0 atom stereocenters. The topological polar surface area (TPSA) is 56.5 Å². The second-order valence-electron chi connectivity index (χ2n) is 15.8. The van der Waals surface area contributed by atoms with Crippen molar-refractivity contribution in [2.45, 2.75) is 0 Å². The lowest BCUT2D eigenvalue weighted by atomic mass is 9.94. The standard InChI is InChI=1S/C58H37N5/c1-5-17-38(18-6-1)43-23-15-24-44(35-43)58-61-56(41-21-9-3-10-22-41)60-57(62-58)42-33-31-39(32-34-42)46-28-16-29-48-49-36-50-47-27-13-14-30-52(47)63(45-25-11-4-12-26-45)53(50)37-51(49)54(59-55(46)48)40-19-7-2-8-20-40/h1-37H. The van der Waals surface area contributed by atoms with Crippen LogP contribution in [0.1, 0.15) is 0 Å². The normalized spacial score (nSPS) is 11.5. The Labute approximate surface area is 364 Å². The largest absolute Gasteiger partial charge is 0.309 e. The third-order valence-corrected chi connectivity index (χ3v) is 12.0. The van der Waals surface area contributed by atoms with Gasteiger partial charge in [-0.25, -0.2) is 19.9 Å². The van der Waals surface area contributed by atoms with Gasteiger partial charge in [0.25, 0.3) is 0 Å². The van der Waals surface area contributed by atoms with Gasteiger partial charge in [0.15, 0.2) is 17.5 Å². The average Bonchev–Trinajstić information content (AvgIpc) is 3.69. The Bertz CT molecular complexity index is 3640. The minimum atomic E-state index is 0.614. The van der Waals surface area contributed by atoms with E-state index in [9.17, 15) is 0 Å². The smallest absolute Gasteiger partial charge is 0.164 e. The number of rotatable bonds is 7. The van der Waals surface area contributed by atoms with E-state index in [-0.39, 0.29) is 0 Å². The second-order valence-corrected chi connectivity index (χ2v) is 15.8. The van der Waals surface area contributed by atoms with Crippen molar-refractivity contribution in [1.82, 2.24) is 24.5 Å². The van der Waals surface area contributed by atoms with E-state index in [0.717, 1.165) is 77.7 Å². The predicted octanol–water partition coefficient (Wildman–Crippen LogP) is 14.7. The molecular weight excluding hydrogens is 767 g/mol. The van der Waals surface area contributed by atoms with Crippen LogP contribution in [0.3, 0.4) is 0 Å². The van der Waals surface area contributed by atoms with E-state index in [0.29, 0.717) is 17.5 Å². The number of aromatic nitrogens is 5. The Morgan fingerprint density at radius 2 is 0.794 bits per heavy atom. The summed E-state index contributed by atoms with van der Waals surface area (Å²) in [6.07, 6.45) is 0. The van der Waals surface area contributed by atoms with Gasteiger partial charge >= 0.3 is 0 Å². The lowest BCUT2D eigenvalue weighted by Gasteiger charge is -2.15. The molecule has 3 heterocycles. The Hall–Kier alpha value is -8.54. The number of para-hydroxylation sites is 3. The molecular formula is C58H37N5. The van der Waals surface area contributed by atoms with Crippen LogP contribution in [0.25, 0.3) is 117 Å². The number of benzene rings is 9. The summed E-state index contributed by atoms with van der Waals surface area (Å²) in [5, 5.41) is 5.82. The van der Waals surface area contributed by atoms with E-state index < -0.39 is 0 Å². The first-order valence-electron chi connectivity index (χ1n) is 21.2. The number of fused-ring (bicyclic) bond motifs is 6. The second kappa shape index (κ2) is 15.2. The predicted molar refractivity (Wildman–Crippen MR) is 260 cm³/mol. The van der Waals surface area contributed by atoms with Crippen molar-refractivity contribution < 1.29 is 0 Å². The molecule has 0 aliphatic rings. The summed E-state index contributed by atoms with van der Waals surface area (Å²) in [6.45, 7) is 0. The molecule has 3 aromatic heterocycles. The maximum absolute atomic E-state index is 5.57. The fourth-order valence-corrected chi connectivity index (χ4v) is 9.01. The van der Waals surface area contributed by atoms with Gasteiger partial charge in [0.1, 0.15) is 0 Å². The van der Waals surface area contributed by atoms with Crippen LogP contribution < -0.4 is 0 Å². The highest BCUT2D eigenvalue weighted by molar-refractivity contribution is 6.21. The minimum Gasteiger partial charge on any atom is -0.309 e. The highest BCUT2D eigenvalue weighted by Crippen LogP contribution is 2.42. The first-order valence-corrected chi connectivity index (χ1v) is 21.2. The zero-order chi connectivity index (χ0) is 41.7. The number of nitrogens with zero attached hydrogens (tertiary/aromatic N) is 5. The summed E-state index contributed by atoms with van der Waals surface area (Å²) in [4.78, 5) is 20.7. The Morgan fingerprint density at radius 1 is 0.270 bits per heavy atom. The van der Waals surface area contributed by atoms with Gasteiger partial charge in [-0.1, -0.05) is 188 Å². The van der Waals surface area contributed by atoms with Gasteiger partial charge in [0.05, 0.1) is 22.2 Å². The van der Waals surface area contributed by atoms with Gasteiger partial charge in [-0.3, -0.25) is 0 Å². The Balaban J connectivity index is 1.02. The number of hydrogen-bond donors (Lipinski definition) is 0. The summed E-state index contributed by atoms with van der Waals surface area (Å²) < 4.78 is 2.38. The number of hydrogen-bond acceptors (Lipinski definition) is 4. The first-order chi connectivity index (χ1) is 31.2. The average molecular weight is 804 g/mol. The minimum absolute atomic E-state index is 0.614. The molecule has 0 bridgehead atoms. The molecule has 63 heavy (non-hydrogen) atoms. The van der Waals surface area contributed by atoms with Crippen LogP contribution in [0.2, 0.25) is 0 Å². The molecule has 5 nitrogen and oxygen atoms in total. The van der Waals surface area contributed by atoms with Gasteiger partial charge in [0.2, 0.25) is 0 Å². The van der Waals surface area contributed by atoms with E-state index in [1.54, 1.807) is 0 Å². The molecule has 0 unspecified atom stereocenters. The van der Waals surface area contributed by atoms with E-state index in [1.165, 1.54) is 21.7 Å². The molecule has 0 radical (unpaired) electrons. The SMILES string of the molecule is c1ccc(-c2cccc(-c3nc(-c4ccccc4)nc(-c4ccc(-c5cccc6c5nc(-c5ccccc5)c5cc7c(cc56)c5ccccc5n7-c5ccccc5)cc4)n3)c2)cc1. The summed E-state index contributed by atoms with van der Waals surface area (Å²) in [5.41, 5.74) is 13.6. The molecule has 0 N–H and O–H groups in total. The highest BCUT2D eigenvalue weighted by Gasteiger charge is 2.20. The van der Waals surface area contributed by atoms with Gasteiger partial charge < -0.3 is 4.57 Å². The Morgan fingerprint density at radius 3 is 1.51 bits per heavy atom. The van der Waals surface area contributed by atoms with Crippen molar-refractivity contribution in [3.63, 3.8) is 0 Å². The van der Waals surface area contributed by atoms with Crippen molar-refractivity contribution in [2.75, 3.05) is 0 Å². The monoisotopic (exact) mass is 803 g/mol. The summed E-state index contributed by atoms with van der Waals surface area (Å²) in [6, 6.07) is 78.6. The van der Waals surface area contributed by atoms with Gasteiger partial charge in [-0.05, 0) is 58.5 Å². The molecule has 0 saturated carbocycles. The van der Waals surface area contributed by atoms with Crippen LogP contribution in [0.15, 0.2) is 224 Å². The molecule has 12 aromatic rings.